The first-order valence-corrected chi connectivity index (χ1v) is 6.66. The van der Waals surface area contributed by atoms with Gasteiger partial charge in [0.1, 0.15) is 0 Å². The maximum atomic E-state index is 11.7. The van der Waals surface area contributed by atoms with Crippen molar-refractivity contribution in [3.63, 3.8) is 0 Å². The van der Waals surface area contributed by atoms with Gasteiger partial charge in [-0.2, -0.15) is 0 Å². The zero-order valence-electron chi connectivity index (χ0n) is 11.2. The van der Waals surface area contributed by atoms with Gasteiger partial charge in [0.25, 0.3) is 0 Å². The molecule has 3 rings (SSSR count). The van der Waals surface area contributed by atoms with Gasteiger partial charge in [0.05, 0.1) is 16.8 Å². The van der Waals surface area contributed by atoms with E-state index in [9.17, 15) is 9.90 Å². The largest absolute Gasteiger partial charge is 0.478 e. The van der Waals surface area contributed by atoms with Crippen molar-refractivity contribution in [1.29, 1.82) is 0 Å². The van der Waals surface area contributed by atoms with Crippen LogP contribution in [0.1, 0.15) is 48.3 Å². The van der Waals surface area contributed by atoms with Gasteiger partial charge in [-0.3, -0.25) is 4.98 Å². The minimum Gasteiger partial charge on any atom is -0.478 e. The van der Waals surface area contributed by atoms with Crippen LogP contribution in [0.25, 0.3) is 10.9 Å². The van der Waals surface area contributed by atoms with Crippen LogP contribution in [0.2, 0.25) is 0 Å². The van der Waals surface area contributed by atoms with Crippen molar-refractivity contribution in [3.05, 3.63) is 41.1 Å². The smallest absolute Gasteiger partial charge is 0.336 e. The molecule has 0 fully saturated rings. The molecule has 19 heavy (non-hydrogen) atoms. The van der Waals surface area contributed by atoms with Crippen molar-refractivity contribution >= 4 is 16.9 Å². The van der Waals surface area contributed by atoms with Crippen molar-refractivity contribution in [2.24, 2.45) is 0 Å². The van der Waals surface area contributed by atoms with Gasteiger partial charge in [-0.05, 0) is 30.9 Å². The van der Waals surface area contributed by atoms with Crippen molar-refractivity contribution in [1.82, 2.24) is 4.98 Å². The van der Waals surface area contributed by atoms with Crippen LogP contribution >= 0.6 is 0 Å². The number of carbonyl (C=O) groups is 1. The molecular weight excluding hydrogens is 238 g/mol. The Morgan fingerprint density at radius 1 is 1.32 bits per heavy atom. The van der Waals surface area contributed by atoms with Crippen LogP contribution in [0, 0.1) is 0 Å². The molecule has 98 valence electrons. The summed E-state index contributed by atoms with van der Waals surface area (Å²) in [4.78, 5) is 16.4. The second-order valence-electron chi connectivity index (χ2n) is 5.87. The number of benzene rings is 1. The lowest BCUT2D eigenvalue weighted by atomic mass is 9.74. The Hall–Kier alpha value is -1.90. The molecule has 0 bridgehead atoms. The van der Waals surface area contributed by atoms with Crippen molar-refractivity contribution in [2.75, 3.05) is 0 Å². The Bertz CT molecular complexity index is 674. The standard InChI is InChI=1S/C16H17NO2/c1-16(2)9-5-7-11-13(15(18)19)10-6-3-4-8-12(10)17-14(11)16/h3-4,6,8H,5,7,9H2,1-2H3,(H,18,19). The minimum absolute atomic E-state index is 0.0399. The van der Waals surface area contributed by atoms with E-state index in [2.05, 4.69) is 13.8 Å². The number of nitrogens with zero attached hydrogens (tertiary/aromatic N) is 1. The van der Waals surface area contributed by atoms with Gasteiger partial charge in [-0.15, -0.1) is 0 Å². The number of aromatic carboxylic acids is 1. The summed E-state index contributed by atoms with van der Waals surface area (Å²) in [6.45, 7) is 4.30. The molecule has 3 nitrogen and oxygen atoms in total. The van der Waals surface area contributed by atoms with Gasteiger partial charge in [-0.1, -0.05) is 32.0 Å². The Balaban J connectivity index is 2.44. The Morgan fingerprint density at radius 3 is 2.79 bits per heavy atom. The van der Waals surface area contributed by atoms with Crippen LogP contribution in [0.15, 0.2) is 24.3 Å². The molecule has 1 aromatic carbocycles. The predicted octanol–water partition coefficient (Wildman–Crippen LogP) is 3.55. The zero-order valence-corrected chi connectivity index (χ0v) is 11.2. The fraction of sp³-hybridized carbons (Fsp3) is 0.375. The SMILES string of the molecule is CC1(C)CCCc2c1nc1ccccc1c2C(=O)O. The van der Waals surface area contributed by atoms with Gasteiger partial charge in [0.2, 0.25) is 0 Å². The van der Waals surface area contributed by atoms with E-state index in [4.69, 9.17) is 4.98 Å². The van der Waals surface area contributed by atoms with Crippen LogP contribution in [0.4, 0.5) is 0 Å². The molecular formula is C16H17NO2. The van der Waals surface area contributed by atoms with Gasteiger partial charge in [-0.25, -0.2) is 4.79 Å². The van der Waals surface area contributed by atoms with E-state index in [0.29, 0.717) is 5.56 Å². The van der Waals surface area contributed by atoms with E-state index >= 15 is 0 Å². The number of pyridine rings is 1. The molecule has 0 radical (unpaired) electrons. The summed E-state index contributed by atoms with van der Waals surface area (Å²) in [6, 6.07) is 7.53. The first-order chi connectivity index (χ1) is 9.00. The van der Waals surface area contributed by atoms with Crippen LogP contribution in [-0.2, 0) is 11.8 Å². The molecule has 0 spiro atoms. The maximum absolute atomic E-state index is 11.7. The summed E-state index contributed by atoms with van der Waals surface area (Å²) in [7, 11) is 0. The lowest BCUT2D eigenvalue weighted by Gasteiger charge is -2.32. The number of carboxylic acids is 1. The summed E-state index contributed by atoms with van der Waals surface area (Å²) < 4.78 is 0. The number of fused-ring (bicyclic) bond motifs is 2. The summed E-state index contributed by atoms with van der Waals surface area (Å²) >= 11 is 0. The third-order valence-corrected chi connectivity index (χ3v) is 4.08. The average molecular weight is 255 g/mol. The van der Waals surface area contributed by atoms with E-state index in [1.807, 2.05) is 24.3 Å². The molecule has 1 aromatic heterocycles. The average Bonchev–Trinajstić information content (AvgIpc) is 2.36. The van der Waals surface area contributed by atoms with E-state index in [0.717, 1.165) is 41.4 Å². The molecule has 0 amide bonds. The number of hydrogen-bond acceptors (Lipinski definition) is 2. The third-order valence-electron chi connectivity index (χ3n) is 4.08. The second kappa shape index (κ2) is 4.05. The van der Waals surface area contributed by atoms with Crippen molar-refractivity contribution < 1.29 is 9.90 Å². The third kappa shape index (κ3) is 1.81. The second-order valence-corrected chi connectivity index (χ2v) is 5.87. The highest BCUT2D eigenvalue weighted by Gasteiger charge is 2.32. The van der Waals surface area contributed by atoms with Crippen LogP contribution in [0.3, 0.4) is 0 Å². The molecule has 0 saturated heterocycles. The van der Waals surface area contributed by atoms with Crippen molar-refractivity contribution in [3.8, 4) is 0 Å². The monoisotopic (exact) mass is 255 g/mol. The van der Waals surface area contributed by atoms with Gasteiger partial charge in [0.15, 0.2) is 0 Å². The molecule has 2 aromatic rings. The fourth-order valence-corrected chi connectivity index (χ4v) is 3.12. The summed E-state index contributed by atoms with van der Waals surface area (Å²) in [6.07, 6.45) is 2.91. The highest BCUT2D eigenvalue weighted by atomic mass is 16.4. The lowest BCUT2D eigenvalue weighted by Crippen LogP contribution is -2.27. The van der Waals surface area contributed by atoms with Crippen LogP contribution in [-0.4, -0.2) is 16.1 Å². The van der Waals surface area contributed by atoms with E-state index in [1.165, 1.54) is 0 Å². The number of aromatic nitrogens is 1. The number of hydrogen-bond donors (Lipinski definition) is 1. The van der Waals surface area contributed by atoms with Crippen LogP contribution in [0.5, 0.6) is 0 Å². The first-order valence-electron chi connectivity index (χ1n) is 6.66. The summed E-state index contributed by atoms with van der Waals surface area (Å²) in [5.41, 5.74) is 3.10. The molecule has 0 atom stereocenters. The molecule has 0 saturated carbocycles. The first kappa shape index (κ1) is 12.2. The van der Waals surface area contributed by atoms with E-state index in [-0.39, 0.29) is 5.41 Å². The highest BCUT2D eigenvalue weighted by molar-refractivity contribution is 6.04. The topological polar surface area (TPSA) is 50.2 Å². The number of rotatable bonds is 1. The molecule has 1 heterocycles. The van der Waals surface area contributed by atoms with Crippen LogP contribution < -0.4 is 0 Å². The van der Waals surface area contributed by atoms with Gasteiger partial charge >= 0.3 is 5.97 Å². The Morgan fingerprint density at radius 2 is 2.05 bits per heavy atom. The molecule has 3 heteroatoms. The molecule has 1 aliphatic rings. The molecule has 1 aliphatic carbocycles. The van der Waals surface area contributed by atoms with E-state index in [1.54, 1.807) is 0 Å². The highest BCUT2D eigenvalue weighted by Crippen LogP contribution is 2.39. The molecule has 0 unspecified atom stereocenters. The van der Waals surface area contributed by atoms with Crippen molar-refractivity contribution in [2.45, 2.75) is 38.5 Å². The maximum Gasteiger partial charge on any atom is 0.336 e. The number of carboxylic acid groups (broad SMARTS) is 1. The number of para-hydroxylation sites is 1. The lowest BCUT2D eigenvalue weighted by molar-refractivity contribution is 0.0697. The Kier molecular flexibility index (Phi) is 2.59. The summed E-state index contributed by atoms with van der Waals surface area (Å²) in [5, 5.41) is 10.3. The Labute approximate surface area is 112 Å². The van der Waals surface area contributed by atoms with E-state index < -0.39 is 5.97 Å². The normalized spacial score (nSPS) is 17.2. The van der Waals surface area contributed by atoms with Gasteiger partial charge in [0, 0.05) is 10.8 Å². The quantitative estimate of drug-likeness (QED) is 0.847. The predicted molar refractivity (Wildman–Crippen MR) is 74.7 cm³/mol. The molecule has 1 N–H and O–H groups in total. The van der Waals surface area contributed by atoms with Gasteiger partial charge < -0.3 is 5.11 Å². The zero-order chi connectivity index (χ0) is 13.6. The minimum atomic E-state index is -0.840. The fourth-order valence-electron chi connectivity index (χ4n) is 3.12. The summed E-state index contributed by atoms with van der Waals surface area (Å²) in [5.74, 6) is -0.840. The molecule has 0 aliphatic heterocycles.